The van der Waals surface area contributed by atoms with E-state index < -0.39 is 0 Å². The van der Waals surface area contributed by atoms with Crippen molar-refractivity contribution in [3.63, 3.8) is 0 Å². The molecule has 1 atom stereocenters. The van der Waals surface area contributed by atoms with E-state index in [-0.39, 0.29) is 0 Å². The van der Waals surface area contributed by atoms with Gasteiger partial charge in [0.1, 0.15) is 0 Å². The van der Waals surface area contributed by atoms with E-state index in [1.165, 1.54) is 19.4 Å². The van der Waals surface area contributed by atoms with Crippen LogP contribution in [0.25, 0.3) is 0 Å². The van der Waals surface area contributed by atoms with Crippen LogP contribution in [-0.2, 0) is 0 Å². The predicted octanol–water partition coefficient (Wildman–Crippen LogP) is 1.41. The quantitative estimate of drug-likeness (QED) is 0.640. The Morgan fingerprint density at radius 1 is 1.27 bits per heavy atom. The van der Waals surface area contributed by atoms with Gasteiger partial charge in [-0.2, -0.15) is 0 Å². The smallest absolute Gasteiger partial charge is 0.0455 e. The Morgan fingerprint density at radius 2 is 2.09 bits per heavy atom. The molecule has 0 saturated carbocycles. The highest BCUT2D eigenvalue weighted by Crippen LogP contribution is 2.15. The first-order valence-corrected chi connectivity index (χ1v) is 4.30. The van der Waals surface area contributed by atoms with Crippen molar-refractivity contribution in [1.29, 1.82) is 0 Å². The van der Waals surface area contributed by atoms with E-state index in [2.05, 4.69) is 34.4 Å². The normalized spacial score (nSPS) is 25.3. The molecule has 0 aliphatic carbocycles. The number of hydrogen-bond donors (Lipinski definition) is 1. The SMILES string of the molecule is c1ccn(C2CCCNC2)c1. The summed E-state index contributed by atoms with van der Waals surface area (Å²) in [5.41, 5.74) is 0. The first-order chi connectivity index (χ1) is 5.47. The van der Waals surface area contributed by atoms with Gasteiger partial charge in [0, 0.05) is 25.0 Å². The fourth-order valence-corrected chi connectivity index (χ4v) is 1.68. The topological polar surface area (TPSA) is 17.0 Å². The molecule has 2 heteroatoms. The lowest BCUT2D eigenvalue weighted by Gasteiger charge is -2.24. The van der Waals surface area contributed by atoms with Crippen molar-refractivity contribution < 1.29 is 0 Å². The second-order valence-corrected chi connectivity index (χ2v) is 3.13. The van der Waals surface area contributed by atoms with E-state index in [4.69, 9.17) is 0 Å². The molecule has 2 nitrogen and oxygen atoms in total. The average Bonchev–Trinajstić information content (AvgIpc) is 2.58. The first-order valence-electron chi connectivity index (χ1n) is 4.30. The molecule has 1 fully saturated rings. The van der Waals surface area contributed by atoms with Crippen LogP contribution in [0.4, 0.5) is 0 Å². The van der Waals surface area contributed by atoms with Crippen molar-refractivity contribution in [2.24, 2.45) is 0 Å². The molecule has 1 N–H and O–H groups in total. The third kappa shape index (κ3) is 1.46. The van der Waals surface area contributed by atoms with Gasteiger partial charge < -0.3 is 9.88 Å². The fourth-order valence-electron chi connectivity index (χ4n) is 1.68. The van der Waals surface area contributed by atoms with Gasteiger partial charge in [-0.25, -0.2) is 0 Å². The minimum Gasteiger partial charge on any atom is -0.350 e. The summed E-state index contributed by atoms with van der Waals surface area (Å²) in [6.45, 7) is 2.33. The van der Waals surface area contributed by atoms with Gasteiger partial charge in [-0.15, -0.1) is 0 Å². The summed E-state index contributed by atoms with van der Waals surface area (Å²) in [6, 6.07) is 4.88. The lowest BCUT2D eigenvalue weighted by Crippen LogP contribution is -2.31. The van der Waals surface area contributed by atoms with Crippen molar-refractivity contribution in [3.05, 3.63) is 24.5 Å². The highest BCUT2D eigenvalue weighted by molar-refractivity contribution is 4.94. The Labute approximate surface area is 67.2 Å². The molecule has 1 unspecified atom stereocenters. The molecule has 1 aliphatic heterocycles. The van der Waals surface area contributed by atoms with Crippen LogP contribution in [0.15, 0.2) is 24.5 Å². The number of nitrogens with zero attached hydrogens (tertiary/aromatic N) is 1. The van der Waals surface area contributed by atoms with Gasteiger partial charge >= 0.3 is 0 Å². The van der Waals surface area contributed by atoms with Crippen LogP contribution in [0.1, 0.15) is 18.9 Å². The molecule has 2 rings (SSSR count). The maximum atomic E-state index is 3.40. The fraction of sp³-hybridized carbons (Fsp3) is 0.556. The van der Waals surface area contributed by atoms with Gasteiger partial charge in [0.25, 0.3) is 0 Å². The zero-order valence-electron chi connectivity index (χ0n) is 6.66. The van der Waals surface area contributed by atoms with Gasteiger partial charge in [0.2, 0.25) is 0 Å². The standard InChI is InChI=1S/C9H14N2/c1-2-7-11(6-1)9-4-3-5-10-8-9/h1-2,6-7,9-10H,3-5,8H2. The average molecular weight is 150 g/mol. The second-order valence-electron chi connectivity index (χ2n) is 3.13. The van der Waals surface area contributed by atoms with E-state index in [1.54, 1.807) is 0 Å². The van der Waals surface area contributed by atoms with Crippen LogP contribution < -0.4 is 5.32 Å². The van der Waals surface area contributed by atoms with Gasteiger partial charge in [-0.05, 0) is 31.5 Å². The van der Waals surface area contributed by atoms with Gasteiger partial charge in [0.15, 0.2) is 0 Å². The first kappa shape index (κ1) is 6.92. The number of piperidine rings is 1. The maximum absolute atomic E-state index is 3.40. The lowest BCUT2D eigenvalue weighted by atomic mass is 10.1. The molecule has 1 aliphatic rings. The highest BCUT2D eigenvalue weighted by atomic mass is 15.0. The molecule has 1 aromatic heterocycles. The van der Waals surface area contributed by atoms with E-state index >= 15 is 0 Å². The number of rotatable bonds is 1. The van der Waals surface area contributed by atoms with Crippen molar-refractivity contribution in [3.8, 4) is 0 Å². The van der Waals surface area contributed by atoms with Crippen molar-refractivity contribution in [1.82, 2.24) is 9.88 Å². The molecule has 11 heavy (non-hydrogen) atoms. The monoisotopic (exact) mass is 150 g/mol. The van der Waals surface area contributed by atoms with Crippen molar-refractivity contribution in [2.75, 3.05) is 13.1 Å². The van der Waals surface area contributed by atoms with E-state index in [0.29, 0.717) is 6.04 Å². The summed E-state index contributed by atoms with van der Waals surface area (Å²) in [5.74, 6) is 0. The Hall–Kier alpha value is -0.760. The summed E-state index contributed by atoms with van der Waals surface area (Å²) in [6.07, 6.45) is 6.93. The van der Waals surface area contributed by atoms with Crippen LogP contribution >= 0.6 is 0 Å². The van der Waals surface area contributed by atoms with Gasteiger partial charge in [0.05, 0.1) is 0 Å². The summed E-state index contributed by atoms with van der Waals surface area (Å²) >= 11 is 0. The number of aromatic nitrogens is 1. The zero-order valence-corrected chi connectivity index (χ0v) is 6.66. The summed E-state index contributed by atoms with van der Waals surface area (Å²) in [7, 11) is 0. The van der Waals surface area contributed by atoms with E-state index in [9.17, 15) is 0 Å². The summed E-state index contributed by atoms with van der Waals surface area (Å²) < 4.78 is 2.30. The molecular weight excluding hydrogens is 136 g/mol. The molecule has 60 valence electrons. The van der Waals surface area contributed by atoms with Crippen LogP contribution in [0.5, 0.6) is 0 Å². The third-order valence-electron chi connectivity index (χ3n) is 2.32. The Morgan fingerprint density at radius 3 is 2.73 bits per heavy atom. The van der Waals surface area contributed by atoms with Crippen molar-refractivity contribution >= 4 is 0 Å². The van der Waals surface area contributed by atoms with Crippen LogP contribution in [0.2, 0.25) is 0 Å². The van der Waals surface area contributed by atoms with Crippen LogP contribution in [-0.4, -0.2) is 17.7 Å². The Bertz CT molecular complexity index is 197. The van der Waals surface area contributed by atoms with Crippen molar-refractivity contribution in [2.45, 2.75) is 18.9 Å². The van der Waals surface area contributed by atoms with Gasteiger partial charge in [-0.1, -0.05) is 0 Å². The molecular formula is C9H14N2. The zero-order chi connectivity index (χ0) is 7.52. The predicted molar refractivity (Wildman–Crippen MR) is 45.6 cm³/mol. The third-order valence-corrected chi connectivity index (χ3v) is 2.32. The molecule has 0 spiro atoms. The Balaban J connectivity index is 2.04. The molecule has 1 saturated heterocycles. The molecule has 0 radical (unpaired) electrons. The summed E-state index contributed by atoms with van der Waals surface area (Å²) in [4.78, 5) is 0. The minimum atomic E-state index is 0.693. The number of nitrogens with one attached hydrogen (secondary N) is 1. The molecule has 0 aromatic carbocycles. The lowest BCUT2D eigenvalue weighted by molar-refractivity contribution is 0.372. The summed E-state index contributed by atoms with van der Waals surface area (Å²) in [5, 5.41) is 3.40. The maximum Gasteiger partial charge on any atom is 0.0455 e. The molecule has 0 amide bonds. The minimum absolute atomic E-state index is 0.693. The van der Waals surface area contributed by atoms with E-state index in [0.717, 1.165) is 6.54 Å². The van der Waals surface area contributed by atoms with Gasteiger partial charge in [-0.3, -0.25) is 0 Å². The molecule has 2 heterocycles. The largest absolute Gasteiger partial charge is 0.350 e. The highest BCUT2D eigenvalue weighted by Gasteiger charge is 2.12. The molecule has 0 bridgehead atoms. The van der Waals surface area contributed by atoms with E-state index in [1.807, 2.05) is 0 Å². The second kappa shape index (κ2) is 3.09. The van der Waals surface area contributed by atoms with Crippen LogP contribution in [0.3, 0.4) is 0 Å². The molecule has 1 aromatic rings. The Kier molecular flexibility index (Phi) is 1.95. The number of hydrogen-bond acceptors (Lipinski definition) is 1. The van der Waals surface area contributed by atoms with Crippen LogP contribution in [0, 0.1) is 0 Å².